The van der Waals surface area contributed by atoms with Gasteiger partial charge in [-0.05, 0) is 30.2 Å². The number of hydrogen-bond donors (Lipinski definition) is 1. The van der Waals surface area contributed by atoms with Crippen molar-refractivity contribution >= 4 is 23.0 Å². The average Bonchev–Trinajstić information content (AvgIpc) is 2.44. The number of rotatable bonds is 4. The van der Waals surface area contributed by atoms with Gasteiger partial charge in [0.15, 0.2) is 5.82 Å². The van der Waals surface area contributed by atoms with Gasteiger partial charge in [0.25, 0.3) is 5.69 Å². The summed E-state index contributed by atoms with van der Waals surface area (Å²) in [6, 6.07) is 6.38. The van der Waals surface area contributed by atoms with E-state index >= 15 is 0 Å². The van der Waals surface area contributed by atoms with E-state index in [1.807, 2.05) is 0 Å². The van der Waals surface area contributed by atoms with Crippen LogP contribution in [0.1, 0.15) is 11.1 Å². The quantitative estimate of drug-likeness (QED) is 0.670. The Morgan fingerprint density at radius 3 is 2.67 bits per heavy atom. The van der Waals surface area contributed by atoms with E-state index in [0.717, 1.165) is 6.07 Å². The Balaban J connectivity index is 2.26. The van der Waals surface area contributed by atoms with Crippen molar-refractivity contribution in [2.45, 2.75) is 13.5 Å². The number of nitrogens with zero attached hydrogens (tertiary/aromatic N) is 1. The van der Waals surface area contributed by atoms with Crippen LogP contribution >= 0.6 is 11.6 Å². The largest absolute Gasteiger partial charge is 0.376 e. The fourth-order valence-corrected chi connectivity index (χ4v) is 2.00. The highest BCUT2D eigenvalue weighted by Crippen LogP contribution is 2.26. The van der Waals surface area contributed by atoms with Gasteiger partial charge in [-0.2, -0.15) is 0 Å². The van der Waals surface area contributed by atoms with Crippen molar-refractivity contribution in [3.63, 3.8) is 0 Å². The second-order valence-electron chi connectivity index (χ2n) is 4.44. The second-order valence-corrected chi connectivity index (χ2v) is 4.85. The molecule has 4 nitrogen and oxygen atoms in total. The van der Waals surface area contributed by atoms with Crippen LogP contribution < -0.4 is 5.32 Å². The molecule has 0 saturated carbocycles. The zero-order chi connectivity index (χ0) is 15.6. The summed E-state index contributed by atoms with van der Waals surface area (Å²) in [6.07, 6.45) is 0. The smallest absolute Gasteiger partial charge is 0.269 e. The normalized spacial score (nSPS) is 10.5. The Bertz CT molecular complexity index is 708. The molecule has 0 fully saturated rings. The summed E-state index contributed by atoms with van der Waals surface area (Å²) < 4.78 is 27.4. The number of hydrogen-bond acceptors (Lipinski definition) is 3. The molecule has 1 N–H and O–H groups in total. The summed E-state index contributed by atoms with van der Waals surface area (Å²) in [6.45, 7) is 1.48. The maximum Gasteiger partial charge on any atom is 0.269 e. The third-order valence-electron chi connectivity index (χ3n) is 2.98. The van der Waals surface area contributed by atoms with E-state index in [1.54, 1.807) is 0 Å². The number of nitrogens with one attached hydrogen (secondary N) is 1. The van der Waals surface area contributed by atoms with Crippen LogP contribution in [0.3, 0.4) is 0 Å². The Morgan fingerprint density at radius 2 is 2.00 bits per heavy atom. The van der Waals surface area contributed by atoms with Crippen LogP contribution in [0.25, 0.3) is 0 Å². The van der Waals surface area contributed by atoms with Crippen molar-refractivity contribution in [2.24, 2.45) is 0 Å². The van der Waals surface area contributed by atoms with E-state index in [1.165, 1.54) is 31.2 Å². The maximum absolute atomic E-state index is 13.8. The minimum absolute atomic E-state index is 0.0300. The van der Waals surface area contributed by atoms with Crippen molar-refractivity contribution in [3.05, 3.63) is 68.2 Å². The topological polar surface area (TPSA) is 55.2 Å². The predicted molar refractivity (Wildman–Crippen MR) is 76.5 cm³/mol. The fourth-order valence-electron chi connectivity index (χ4n) is 1.81. The number of benzene rings is 2. The number of anilines is 1. The van der Waals surface area contributed by atoms with Gasteiger partial charge in [-0.15, -0.1) is 0 Å². The molecule has 0 atom stereocenters. The lowest BCUT2D eigenvalue weighted by Gasteiger charge is -2.11. The molecule has 7 heteroatoms. The van der Waals surface area contributed by atoms with Gasteiger partial charge >= 0.3 is 0 Å². The second kappa shape index (κ2) is 6.05. The molecule has 2 aromatic carbocycles. The molecule has 0 heterocycles. The number of non-ortho nitro benzene ring substituents is 1. The van der Waals surface area contributed by atoms with E-state index in [4.69, 9.17) is 11.6 Å². The monoisotopic (exact) mass is 312 g/mol. The number of nitro groups is 1. The Hall–Kier alpha value is -2.21. The lowest BCUT2D eigenvalue weighted by atomic mass is 10.1. The first kappa shape index (κ1) is 15.2. The highest BCUT2D eigenvalue weighted by atomic mass is 35.5. The molecule has 0 radical (unpaired) electrons. The van der Waals surface area contributed by atoms with Crippen LogP contribution in [0, 0.1) is 28.7 Å². The zero-order valence-corrected chi connectivity index (χ0v) is 11.7. The van der Waals surface area contributed by atoms with E-state index in [2.05, 4.69) is 5.32 Å². The lowest BCUT2D eigenvalue weighted by Crippen LogP contribution is -2.06. The van der Waals surface area contributed by atoms with Gasteiger partial charge in [-0.3, -0.25) is 10.1 Å². The first-order valence-electron chi connectivity index (χ1n) is 6.01. The minimum atomic E-state index is -0.736. The minimum Gasteiger partial charge on any atom is -0.376 e. The maximum atomic E-state index is 13.8. The lowest BCUT2D eigenvalue weighted by molar-refractivity contribution is -0.384. The first-order chi connectivity index (χ1) is 9.90. The predicted octanol–water partition coefficient (Wildman–Crippen LogP) is 4.45. The SMILES string of the molecule is Cc1ccc(F)c(NCc2cc([N+](=O)[O-])ccc2Cl)c1F. The fraction of sp³-hybridized carbons (Fsp3) is 0.143. The van der Waals surface area contributed by atoms with Crippen LogP contribution in [0.2, 0.25) is 5.02 Å². The molecular formula is C14H11ClF2N2O2. The van der Waals surface area contributed by atoms with Gasteiger partial charge < -0.3 is 5.32 Å². The van der Waals surface area contributed by atoms with Crippen LogP contribution in [-0.4, -0.2) is 4.92 Å². The van der Waals surface area contributed by atoms with Crippen LogP contribution in [0.4, 0.5) is 20.2 Å². The third kappa shape index (κ3) is 3.28. The Labute approximate surface area is 124 Å². The summed E-state index contributed by atoms with van der Waals surface area (Å²) in [5, 5.41) is 13.6. The molecule has 110 valence electrons. The summed E-state index contributed by atoms with van der Waals surface area (Å²) in [4.78, 5) is 10.2. The first-order valence-corrected chi connectivity index (χ1v) is 6.39. The molecular weight excluding hydrogens is 302 g/mol. The molecule has 2 aromatic rings. The molecule has 0 aromatic heterocycles. The molecule has 0 amide bonds. The van der Waals surface area contributed by atoms with Crippen molar-refractivity contribution < 1.29 is 13.7 Å². The van der Waals surface area contributed by atoms with E-state index in [0.29, 0.717) is 11.1 Å². The number of aryl methyl sites for hydroxylation is 1. The van der Waals surface area contributed by atoms with Gasteiger partial charge in [0.2, 0.25) is 0 Å². The van der Waals surface area contributed by atoms with Crippen molar-refractivity contribution in [2.75, 3.05) is 5.32 Å². The molecule has 0 saturated heterocycles. The van der Waals surface area contributed by atoms with Crippen molar-refractivity contribution in [1.82, 2.24) is 0 Å². The van der Waals surface area contributed by atoms with Crippen molar-refractivity contribution in [1.29, 1.82) is 0 Å². The molecule has 0 bridgehead atoms. The average molecular weight is 313 g/mol. The summed E-state index contributed by atoms with van der Waals surface area (Å²) in [5.74, 6) is -1.43. The molecule has 0 spiro atoms. The van der Waals surface area contributed by atoms with Gasteiger partial charge in [0, 0.05) is 23.7 Å². The standard InChI is InChI=1S/C14H11ClF2N2O2/c1-8-2-5-12(16)14(13(8)17)18-7-9-6-10(19(20)21)3-4-11(9)15/h2-6,18H,7H2,1H3. The van der Waals surface area contributed by atoms with Crippen molar-refractivity contribution in [3.8, 4) is 0 Å². The molecule has 0 aliphatic carbocycles. The van der Waals surface area contributed by atoms with Gasteiger partial charge in [-0.25, -0.2) is 8.78 Å². The zero-order valence-electron chi connectivity index (χ0n) is 11.0. The number of nitro benzene ring substituents is 1. The van der Waals surface area contributed by atoms with Crippen LogP contribution in [-0.2, 0) is 6.54 Å². The van der Waals surface area contributed by atoms with Gasteiger partial charge in [0.05, 0.1) is 4.92 Å². The van der Waals surface area contributed by atoms with E-state index < -0.39 is 16.6 Å². The molecule has 0 aliphatic rings. The Kier molecular flexibility index (Phi) is 4.37. The van der Waals surface area contributed by atoms with Gasteiger partial charge in [0.1, 0.15) is 11.5 Å². The summed E-state index contributed by atoms with van der Waals surface area (Å²) in [7, 11) is 0. The molecule has 0 unspecified atom stereocenters. The molecule has 21 heavy (non-hydrogen) atoms. The van der Waals surface area contributed by atoms with Crippen LogP contribution in [0.5, 0.6) is 0 Å². The third-order valence-corrected chi connectivity index (χ3v) is 3.35. The van der Waals surface area contributed by atoms with E-state index in [-0.39, 0.29) is 22.9 Å². The molecule has 0 aliphatic heterocycles. The molecule has 2 rings (SSSR count). The van der Waals surface area contributed by atoms with E-state index in [9.17, 15) is 18.9 Å². The highest BCUT2D eigenvalue weighted by molar-refractivity contribution is 6.31. The van der Waals surface area contributed by atoms with Gasteiger partial charge in [-0.1, -0.05) is 17.7 Å². The Morgan fingerprint density at radius 1 is 1.29 bits per heavy atom. The summed E-state index contributed by atoms with van der Waals surface area (Å²) in [5.41, 5.74) is 0.258. The van der Waals surface area contributed by atoms with Crippen LogP contribution in [0.15, 0.2) is 30.3 Å². The highest BCUT2D eigenvalue weighted by Gasteiger charge is 2.13. The summed E-state index contributed by atoms with van der Waals surface area (Å²) >= 11 is 5.93. The number of halogens is 3.